The molecule has 0 saturated heterocycles. The minimum atomic E-state index is 0.296. The summed E-state index contributed by atoms with van der Waals surface area (Å²) in [6.07, 6.45) is 4.68. The van der Waals surface area contributed by atoms with E-state index in [-0.39, 0.29) is 0 Å². The second-order valence-electron chi connectivity index (χ2n) is 5.32. The van der Waals surface area contributed by atoms with Gasteiger partial charge in [-0.15, -0.1) is 0 Å². The van der Waals surface area contributed by atoms with Gasteiger partial charge >= 0.3 is 0 Å². The molecule has 0 spiro atoms. The molecule has 0 amide bonds. The number of nitriles is 1. The molecule has 0 aliphatic carbocycles. The van der Waals surface area contributed by atoms with Crippen LogP contribution < -0.4 is 10.2 Å². The van der Waals surface area contributed by atoms with Crippen molar-refractivity contribution in [1.29, 1.82) is 5.26 Å². The van der Waals surface area contributed by atoms with Crippen molar-refractivity contribution in [2.45, 2.75) is 6.42 Å². The van der Waals surface area contributed by atoms with Crippen LogP contribution in [0, 0.1) is 11.3 Å². The maximum atomic E-state index is 9.12. The first-order valence-corrected chi connectivity index (χ1v) is 7.36. The van der Waals surface area contributed by atoms with Crippen LogP contribution in [0.3, 0.4) is 0 Å². The zero-order chi connectivity index (χ0) is 15.8. The summed E-state index contributed by atoms with van der Waals surface area (Å²) in [6.45, 7) is 1.82. The molecule has 0 aliphatic heterocycles. The predicted octanol–water partition coefficient (Wildman–Crippen LogP) is 1.66. The van der Waals surface area contributed by atoms with Crippen LogP contribution >= 0.6 is 0 Å². The zero-order valence-electron chi connectivity index (χ0n) is 13.0. The van der Waals surface area contributed by atoms with Gasteiger partial charge in [0.25, 0.3) is 0 Å². The highest BCUT2D eigenvalue weighted by molar-refractivity contribution is 5.67. The second-order valence-corrected chi connectivity index (χ2v) is 5.32. The molecule has 1 heterocycles. The van der Waals surface area contributed by atoms with Crippen molar-refractivity contribution in [2.75, 3.05) is 32.5 Å². The number of anilines is 1. The molecule has 114 valence electrons. The van der Waals surface area contributed by atoms with E-state index in [0.29, 0.717) is 17.5 Å². The van der Waals surface area contributed by atoms with Crippen LogP contribution in [-0.2, 0) is 0 Å². The van der Waals surface area contributed by atoms with Crippen LogP contribution in [0.15, 0.2) is 34.7 Å². The van der Waals surface area contributed by atoms with E-state index in [1.807, 2.05) is 36.4 Å². The van der Waals surface area contributed by atoms with E-state index in [1.54, 1.807) is 6.08 Å². The number of aromatic nitrogens is 1. The van der Waals surface area contributed by atoms with E-state index in [4.69, 9.17) is 9.68 Å². The third-order valence-corrected chi connectivity index (χ3v) is 3.11. The van der Waals surface area contributed by atoms with Crippen molar-refractivity contribution in [3.8, 4) is 6.07 Å². The first-order chi connectivity index (χ1) is 10.7. The molecule has 0 radical (unpaired) electrons. The van der Waals surface area contributed by atoms with Gasteiger partial charge in [0.15, 0.2) is 0 Å². The molecule has 0 atom stereocenters. The van der Waals surface area contributed by atoms with Crippen molar-refractivity contribution < 1.29 is 9.32 Å². The summed E-state index contributed by atoms with van der Waals surface area (Å²) in [4.78, 5) is 5.57. The van der Waals surface area contributed by atoms with Crippen LogP contribution in [0.5, 0.6) is 0 Å². The zero-order valence-corrected chi connectivity index (χ0v) is 13.0. The van der Waals surface area contributed by atoms with E-state index in [0.717, 1.165) is 25.1 Å². The normalized spacial score (nSPS) is 11.0. The maximum Gasteiger partial charge on any atom is 0.232 e. The van der Waals surface area contributed by atoms with Crippen molar-refractivity contribution in [3.05, 3.63) is 47.5 Å². The average molecular weight is 297 g/mol. The van der Waals surface area contributed by atoms with Crippen molar-refractivity contribution in [1.82, 2.24) is 4.98 Å². The van der Waals surface area contributed by atoms with Gasteiger partial charge in [0, 0.05) is 19.0 Å². The van der Waals surface area contributed by atoms with Gasteiger partial charge < -0.3 is 14.6 Å². The number of benzene rings is 1. The molecule has 0 fully saturated rings. The molecule has 2 N–H and O–H groups in total. The molecule has 5 nitrogen and oxygen atoms in total. The Morgan fingerprint density at radius 1 is 1.27 bits per heavy atom. The molecule has 0 saturated carbocycles. The number of nitrogens with one attached hydrogen (secondary N) is 2. The lowest BCUT2D eigenvalue weighted by Crippen LogP contribution is -3.05. The largest absolute Gasteiger partial charge is 0.420 e. The second kappa shape index (κ2) is 8.01. The Bertz CT molecular complexity index is 653. The lowest BCUT2D eigenvalue weighted by atomic mass is 10.2. The summed E-state index contributed by atoms with van der Waals surface area (Å²) < 4.78 is 5.60. The average Bonchev–Trinajstić information content (AvgIpc) is 2.93. The summed E-state index contributed by atoms with van der Waals surface area (Å²) in [5, 5.41) is 12.3. The fourth-order valence-electron chi connectivity index (χ4n) is 1.98. The van der Waals surface area contributed by atoms with Gasteiger partial charge in [0.2, 0.25) is 17.5 Å². The first-order valence-electron chi connectivity index (χ1n) is 7.36. The van der Waals surface area contributed by atoms with Gasteiger partial charge in [0.05, 0.1) is 20.6 Å². The van der Waals surface area contributed by atoms with E-state index in [2.05, 4.69) is 30.5 Å². The van der Waals surface area contributed by atoms with Gasteiger partial charge in [-0.05, 0) is 11.6 Å². The highest BCUT2D eigenvalue weighted by Crippen LogP contribution is 2.18. The predicted molar refractivity (Wildman–Crippen MR) is 87.4 cm³/mol. The van der Waals surface area contributed by atoms with E-state index in [9.17, 15) is 0 Å². The number of hydrogen-bond acceptors (Lipinski definition) is 4. The summed E-state index contributed by atoms with van der Waals surface area (Å²) in [5.74, 6) is 0.880. The molecule has 2 rings (SSSR count). The molecule has 0 bridgehead atoms. The Morgan fingerprint density at radius 2 is 2.05 bits per heavy atom. The van der Waals surface area contributed by atoms with E-state index < -0.39 is 0 Å². The molecule has 0 aliphatic rings. The molecule has 5 heteroatoms. The summed E-state index contributed by atoms with van der Waals surface area (Å²) >= 11 is 0. The van der Waals surface area contributed by atoms with Crippen LogP contribution in [0.4, 0.5) is 5.88 Å². The van der Waals surface area contributed by atoms with Crippen LogP contribution in [0.2, 0.25) is 0 Å². The monoisotopic (exact) mass is 297 g/mol. The molecular weight excluding hydrogens is 276 g/mol. The molecule has 2 aromatic rings. The Hall–Kier alpha value is -2.58. The fraction of sp³-hybridized carbons (Fsp3) is 0.294. The van der Waals surface area contributed by atoms with E-state index >= 15 is 0 Å². The van der Waals surface area contributed by atoms with Gasteiger partial charge in [0.1, 0.15) is 6.07 Å². The molecule has 1 aromatic carbocycles. The van der Waals surface area contributed by atoms with Crippen LogP contribution in [0.1, 0.15) is 23.6 Å². The first kappa shape index (κ1) is 15.8. The van der Waals surface area contributed by atoms with Crippen molar-refractivity contribution in [3.63, 3.8) is 0 Å². The van der Waals surface area contributed by atoms with Gasteiger partial charge in [-0.25, -0.2) is 0 Å². The molecular formula is C17H21N4O+. The summed E-state index contributed by atoms with van der Waals surface area (Å²) in [7, 11) is 4.23. The third-order valence-electron chi connectivity index (χ3n) is 3.11. The SMILES string of the molecule is C[NH+](C)CCCNc1oc(/C=C/c2ccccc2)nc1C#N. The maximum absolute atomic E-state index is 9.12. The number of oxazole rings is 1. The van der Waals surface area contributed by atoms with Crippen molar-refractivity contribution in [2.24, 2.45) is 0 Å². The minimum Gasteiger partial charge on any atom is -0.420 e. The smallest absolute Gasteiger partial charge is 0.232 e. The van der Waals surface area contributed by atoms with Gasteiger partial charge in [-0.3, -0.25) is 0 Å². The van der Waals surface area contributed by atoms with Crippen molar-refractivity contribution >= 4 is 18.0 Å². The topological polar surface area (TPSA) is 66.3 Å². The Morgan fingerprint density at radius 3 is 2.73 bits per heavy atom. The Kier molecular flexibility index (Phi) is 5.75. The quantitative estimate of drug-likeness (QED) is 0.763. The standard InChI is InChI=1S/C17H20N4O/c1-21(2)12-6-11-19-17-15(13-18)20-16(22-17)10-9-14-7-4-3-5-8-14/h3-5,7-10,19H,6,11-12H2,1-2H3/p+1/b10-9+. The van der Waals surface area contributed by atoms with Crippen LogP contribution in [0.25, 0.3) is 12.2 Å². The highest BCUT2D eigenvalue weighted by Gasteiger charge is 2.10. The third kappa shape index (κ3) is 4.76. The minimum absolute atomic E-state index is 0.296. The summed E-state index contributed by atoms with van der Waals surface area (Å²) in [5.41, 5.74) is 1.35. The lowest BCUT2D eigenvalue weighted by Gasteiger charge is -2.06. The number of quaternary nitrogens is 1. The fourth-order valence-corrected chi connectivity index (χ4v) is 1.98. The molecule has 1 aromatic heterocycles. The Labute approximate surface area is 130 Å². The highest BCUT2D eigenvalue weighted by atomic mass is 16.4. The molecule has 22 heavy (non-hydrogen) atoms. The lowest BCUT2D eigenvalue weighted by molar-refractivity contribution is -0.858. The number of hydrogen-bond donors (Lipinski definition) is 2. The Balaban J connectivity index is 1.99. The number of nitrogens with zero attached hydrogens (tertiary/aromatic N) is 2. The number of rotatable bonds is 7. The molecule has 0 unspecified atom stereocenters. The van der Waals surface area contributed by atoms with Gasteiger partial charge in [-0.1, -0.05) is 30.3 Å². The van der Waals surface area contributed by atoms with Gasteiger partial charge in [-0.2, -0.15) is 10.2 Å². The van der Waals surface area contributed by atoms with E-state index in [1.165, 1.54) is 4.90 Å². The van der Waals surface area contributed by atoms with Crippen LogP contribution in [-0.4, -0.2) is 32.2 Å². The summed E-state index contributed by atoms with van der Waals surface area (Å²) in [6, 6.07) is 11.9.